The molecule has 0 bridgehead atoms. The van der Waals surface area contributed by atoms with Crippen LogP contribution in [0.2, 0.25) is 0 Å². The number of carbonyl (C=O) groups excluding carboxylic acids is 1. The predicted molar refractivity (Wildman–Crippen MR) is 66.6 cm³/mol. The highest BCUT2D eigenvalue weighted by atomic mass is 16.1. The minimum absolute atomic E-state index is 0.107. The van der Waals surface area contributed by atoms with Gasteiger partial charge in [0.1, 0.15) is 0 Å². The van der Waals surface area contributed by atoms with E-state index < -0.39 is 0 Å². The van der Waals surface area contributed by atoms with Crippen molar-refractivity contribution in [1.29, 1.82) is 0 Å². The van der Waals surface area contributed by atoms with Crippen molar-refractivity contribution in [1.82, 2.24) is 0 Å². The summed E-state index contributed by atoms with van der Waals surface area (Å²) in [5.41, 5.74) is 4.34. The van der Waals surface area contributed by atoms with E-state index in [9.17, 15) is 4.79 Å². The van der Waals surface area contributed by atoms with Crippen molar-refractivity contribution < 1.29 is 4.79 Å². The first-order valence-corrected chi connectivity index (χ1v) is 5.35. The SMILES string of the molecule is CC(=O)c1ccc(-c2ccc(C)cc2)cc1. The molecule has 0 atom stereocenters. The molecule has 0 N–H and O–H groups in total. The van der Waals surface area contributed by atoms with Gasteiger partial charge in [-0.15, -0.1) is 0 Å². The zero-order valence-electron chi connectivity index (χ0n) is 9.53. The van der Waals surface area contributed by atoms with Crippen LogP contribution < -0.4 is 0 Å². The first kappa shape index (κ1) is 10.6. The quantitative estimate of drug-likeness (QED) is 0.688. The molecule has 2 aromatic rings. The molecule has 0 aliphatic rings. The highest BCUT2D eigenvalue weighted by Crippen LogP contribution is 2.20. The number of rotatable bonds is 2. The van der Waals surface area contributed by atoms with Gasteiger partial charge in [0.05, 0.1) is 0 Å². The van der Waals surface area contributed by atoms with Gasteiger partial charge < -0.3 is 0 Å². The van der Waals surface area contributed by atoms with Crippen molar-refractivity contribution in [3.63, 3.8) is 0 Å². The van der Waals surface area contributed by atoms with Gasteiger partial charge in [-0.05, 0) is 25.0 Å². The Morgan fingerprint density at radius 3 is 1.69 bits per heavy atom. The van der Waals surface area contributed by atoms with Crippen LogP contribution in [0, 0.1) is 6.92 Å². The van der Waals surface area contributed by atoms with Crippen LogP contribution in [-0.4, -0.2) is 5.78 Å². The fourth-order valence-corrected chi connectivity index (χ4v) is 1.64. The topological polar surface area (TPSA) is 17.1 Å². The Morgan fingerprint density at radius 2 is 1.25 bits per heavy atom. The maximum Gasteiger partial charge on any atom is 0.159 e. The van der Waals surface area contributed by atoms with Gasteiger partial charge in [0.15, 0.2) is 5.78 Å². The lowest BCUT2D eigenvalue weighted by Crippen LogP contribution is -1.90. The molecular weight excluding hydrogens is 196 g/mol. The van der Waals surface area contributed by atoms with Crippen LogP contribution in [0.25, 0.3) is 11.1 Å². The molecule has 80 valence electrons. The number of hydrogen-bond donors (Lipinski definition) is 0. The Morgan fingerprint density at radius 1 is 0.812 bits per heavy atom. The number of carbonyl (C=O) groups is 1. The van der Waals surface area contributed by atoms with Gasteiger partial charge in [0.25, 0.3) is 0 Å². The van der Waals surface area contributed by atoms with Gasteiger partial charge in [-0.25, -0.2) is 0 Å². The highest BCUT2D eigenvalue weighted by Gasteiger charge is 2.00. The van der Waals surface area contributed by atoms with Gasteiger partial charge in [0, 0.05) is 5.56 Å². The van der Waals surface area contributed by atoms with Gasteiger partial charge in [-0.2, -0.15) is 0 Å². The summed E-state index contributed by atoms with van der Waals surface area (Å²) in [6.45, 7) is 3.66. The highest BCUT2D eigenvalue weighted by molar-refractivity contribution is 5.94. The normalized spacial score (nSPS) is 10.1. The molecule has 2 rings (SSSR count). The van der Waals surface area contributed by atoms with Crippen molar-refractivity contribution in [2.45, 2.75) is 13.8 Å². The van der Waals surface area contributed by atoms with Crippen molar-refractivity contribution in [3.8, 4) is 11.1 Å². The summed E-state index contributed by atoms with van der Waals surface area (Å²) >= 11 is 0. The molecule has 0 saturated carbocycles. The third kappa shape index (κ3) is 2.19. The first-order valence-electron chi connectivity index (χ1n) is 5.35. The summed E-state index contributed by atoms with van der Waals surface area (Å²) in [7, 11) is 0. The number of ketones is 1. The van der Waals surface area contributed by atoms with Crippen LogP contribution in [0.4, 0.5) is 0 Å². The Kier molecular flexibility index (Phi) is 2.86. The fourth-order valence-electron chi connectivity index (χ4n) is 1.64. The molecule has 16 heavy (non-hydrogen) atoms. The minimum atomic E-state index is 0.107. The maximum atomic E-state index is 11.1. The van der Waals surface area contributed by atoms with E-state index in [0.717, 1.165) is 11.1 Å². The molecule has 0 aliphatic heterocycles. The van der Waals surface area contributed by atoms with E-state index in [1.165, 1.54) is 11.1 Å². The van der Waals surface area contributed by atoms with Crippen LogP contribution in [0.3, 0.4) is 0 Å². The van der Waals surface area contributed by atoms with Crippen molar-refractivity contribution in [2.24, 2.45) is 0 Å². The molecule has 1 nitrogen and oxygen atoms in total. The van der Waals surface area contributed by atoms with Gasteiger partial charge in [0.2, 0.25) is 0 Å². The van der Waals surface area contributed by atoms with E-state index in [1.807, 2.05) is 24.3 Å². The van der Waals surface area contributed by atoms with Gasteiger partial charge >= 0.3 is 0 Å². The molecule has 0 aliphatic carbocycles. The Hall–Kier alpha value is -1.89. The summed E-state index contributed by atoms with van der Waals surface area (Å²) in [6, 6.07) is 16.1. The van der Waals surface area contributed by atoms with Crippen molar-refractivity contribution >= 4 is 5.78 Å². The first-order chi connectivity index (χ1) is 7.66. The van der Waals surface area contributed by atoms with Crippen LogP contribution >= 0.6 is 0 Å². The van der Waals surface area contributed by atoms with Crippen LogP contribution in [-0.2, 0) is 0 Å². The Balaban J connectivity index is 2.34. The lowest BCUT2D eigenvalue weighted by Gasteiger charge is -2.03. The largest absolute Gasteiger partial charge is 0.295 e. The summed E-state index contributed by atoms with van der Waals surface area (Å²) < 4.78 is 0. The van der Waals surface area contributed by atoms with E-state index in [0.29, 0.717) is 0 Å². The zero-order chi connectivity index (χ0) is 11.5. The second-order valence-electron chi connectivity index (χ2n) is 4.00. The van der Waals surface area contributed by atoms with E-state index >= 15 is 0 Å². The van der Waals surface area contributed by atoms with Crippen LogP contribution in [0.15, 0.2) is 48.5 Å². The molecule has 0 heterocycles. The van der Waals surface area contributed by atoms with Crippen molar-refractivity contribution in [3.05, 3.63) is 59.7 Å². The molecule has 0 saturated heterocycles. The second-order valence-corrected chi connectivity index (χ2v) is 4.00. The summed E-state index contributed by atoms with van der Waals surface area (Å²) in [6.07, 6.45) is 0. The number of aryl methyl sites for hydroxylation is 1. The fraction of sp³-hybridized carbons (Fsp3) is 0.133. The average molecular weight is 210 g/mol. The number of benzene rings is 2. The summed E-state index contributed by atoms with van der Waals surface area (Å²) in [5, 5.41) is 0. The molecule has 0 fully saturated rings. The molecule has 1 heteroatoms. The monoisotopic (exact) mass is 210 g/mol. The zero-order valence-corrected chi connectivity index (χ0v) is 9.53. The van der Waals surface area contributed by atoms with Crippen LogP contribution in [0.1, 0.15) is 22.8 Å². The lowest BCUT2D eigenvalue weighted by atomic mass is 10.0. The van der Waals surface area contributed by atoms with E-state index in [1.54, 1.807) is 6.92 Å². The number of hydrogen-bond acceptors (Lipinski definition) is 1. The molecule has 0 amide bonds. The molecule has 2 aromatic carbocycles. The summed E-state index contributed by atoms with van der Waals surface area (Å²) in [4.78, 5) is 11.1. The Bertz CT molecular complexity index is 492. The van der Waals surface area contributed by atoms with Gasteiger partial charge in [-0.1, -0.05) is 54.1 Å². The minimum Gasteiger partial charge on any atom is -0.295 e. The number of Topliss-reactive ketones (excluding diaryl/α,β-unsaturated/α-hetero) is 1. The molecular formula is C15H14O. The Labute approximate surface area is 95.7 Å². The third-order valence-electron chi connectivity index (χ3n) is 2.68. The van der Waals surface area contributed by atoms with Gasteiger partial charge in [-0.3, -0.25) is 4.79 Å². The molecule has 0 unspecified atom stereocenters. The molecule has 0 aromatic heterocycles. The predicted octanol–water partition coefficient (Wildman–Crippen LogP) is 3.86. The van der Waals surface area contributed by atoms with Crippen molar-refractivity contribution in [2.75, 3.05) is 0 Å². The maximum absolute atomic E-state index is 11.1. The molecule has 0 spiro atoms. The smallest absolute Gasteiger partial charge is 0.159 e. The average Bonchev–Trinajstić information content (AvgIpc) is 2.30. The van der Waals surface area contributed by atoms with Crippen LogP contribution in [0.5, 0.6) is 0 Å². The third-order valence-corrected chi connectivity index (χ3v) is 2.68. The molecule has 0 radical (unpaired) electrons. The lowest BCUT2D eigenvalue weighted by molar-refractivity contribution is 0.101. The standard InChI is InChI=1S/C15H14O/c1-11-3-5-14(6-4-11)15-9-7-13(8-10-15)12(2)16/h3-10H,1-2H3. The summed E-state index contributed by atoms with van der Waals surface area (Å²) in [5.74, 6) is 0.107. The second kappa shape index (κ2) is 4.31. The van der Waals surface area contributed by atoms with E-state index in [-0.39, 0.29) is 5.78 Å². The van der Waals surface area contributed by atoms with E-state index in [4.69, 9.17) is 0 Å². The van der Waals surface area contributed by atoms with E-state index in [2.05, 4.69) is 31.2 Å².